The molecule has 3 aromatic carbocycles. The zero-order valence-corrected chi connectivity index (χ0v) is 24.0. The number of nitrogens with zero attached hydrogens (tertiary/aromatic N) is 6. The number of hydrogen-bond donors (Lipinski definition) is 4. The largest absolute Gasteiger partial charge is 0.465 e. The summed E-state index contributed by atoms with van der Waals surface area (Å²) in [7, 11) is 0. The third-order valence-electron chi connectivity index (χ3n) is 6.69. The van der Waals surface area contributed by atoms with E-state index in [4.69, 9.17) is 16.7 Å². The summed E-state index contributed by atoms with van der Waals surface area (Å²) >= 11 is 6.22. The number of rotatable bonds is 11. The van der Waals surface area contributed by atoms with E-state index in [0.29, 0.717) is 45.2 Å². The van der Waals surface area contributed by atoms with Crippen LogP contribution in [0.25, 0.3) is 22.9 Å². The van der Waals surface area contributed by atoms with E-state index in [-0.39, 0.29) is 18.9 Å². The van der Waals surface area contributed by atoms with Crippen LogP contribution in [0.5, 0.6) is 0 Å². The highest BCUT2D eigenvalue weighted by atomic mass is 35.5. The summed E-state index contributed by atoms with van der Waals surface area (Å²) in [4.78, 5) is 24.5. The lowest BCUT2D eigenvalue weighted by Gasteiger charge is -2.18. The van der Waals surface area contributed by atoms with Crippen LogP contribution in [0, 0.1) is 0 Å². The van der Waals surface area contributed by atoms with E-state index in [1.807, 2.05) is 36.4 Å². The molecule has 222 valence electrons. The van der Waals surface area contributed by atoms with E-state index in [2.05, 4.69) is 36.4 Å². The fourth-order valence-electron chi connectivity index (χ4n) is 4.65. The molecule has 0 spiro atoms. The molecule has 12 nitrogen and oxygen atoms in total. The molecule has 2 heterocycles. The summed E-state index contributed by atoms with van der Waals surface area (Å²) in [6, 6.07) is 21.4. The number of carbonyl (C=O) groups is 2. The number of benzene rings is 3. The second kappa shape index (κ2) is 14.1. The van der Waals surface area contributed by atoms with Gasteiger partial charge >= 0.3 is 6.09 Å². The van der Waals surface area contributed by atoms with Crippen molar-refractivity contribution < 1.29 is 19.8 Å². The molecule has 5 rings (SSSR count). The maximum Gasteiger partial charge on any atom is 0.409 e. The van der Waals surface area contributed by atoms with Gasteiger partial charge in [-0.15, -0.1) is 5.10 Å². The van der Waals surface area contributed by atoms with Gasteiger partial charge in [0.15, 0.2) is 0 Å². The normalized spacial score (nSPS) is 11.8. The third kappa shape index (κ3) is 7.68. The van der Waals surface area contributed by atoms with Crippen LogP contribution in [0.1, 0.15) is 28.4 Å². The molecule has 0 aliphatic carbocycles. The Labute approximate surface area is 257 Å². The first-order valence-corrected chi connectivity index (χ1v) is 13.9. The van der Waals surface area contributed by atoms with Crippen LogP contribution in [0.15, 0.2) is 91.4 Å². The summed E-state index contributed by atoms with van der Waals surface area (Å²) in [6.45, 7) is -0.150. The maximum absolute atomic E-state index is 13.3. The molecule has 0 bridgehead atoms. The van der Waals surface area contributed by atoms with Crippen molar-refractivity contribution in [3.63, 3.8) is 0 Å². The molecule has 2 amide bonds. The predicted molar refractivity (Wildman–Crippen MR) is 164 cm³/mol. The van der Waals surface area contributed by atoms with Gasteiger partial charge < -0.3 is 15.5 Å². The number of hydrogen-bond acceptors (Lipinski definition) is 8. The zero-order chi connectivity index (χ0) is 30.9. The van der Waals surface area contributed by atoms with Crippen molar-refractivity contribution in [1.82, 2.24) is 35.7 Å². The lowest BCUT2D eigenvalue weighted by Crippen LogP contribution is -2.29. The summed E-state index contributed by atoms with van der Waals surface area (Å²) in [6.07, 6.45) is 5.59. The minimum Gasteiger partial charge on any atom is -0.465 e. The van der Waals surface area contributed by atoms with Gasteiger partial charge in [0.05, 0.1) is 23.6 Å². The molecule has 0 aliphatic heterocycles. The van der Waals surface area contributed by atoms with Gasteiger partial charge in [0.1, 0.15) is 6.33 Å². The van der Waals surface area contributed by atoms with Crippen LogP contribution in [0.3, 0.4) is 0 Å². The Morgan fingerprint density at radius 1 is 1.00 bits per heavy atom. The quantitative estimate of drug-likeness (QED) is 0.157. The third-order valence-corrected chi connectivity index (χ3v) is 6.93. The lowest BCUT2D eigenvalue weighted by molar-refractivity contribution is -0.117. The fourth-order valence-corrected chi connectivity index (χ4v) is 4.83. The van der Waals surface area contributed by atoms with E-state index in [9.17, 15) is 14.7 Å². The Hall–Kier alpha value is -5.46. The molecule has 2 aromatic heterocycles. The van der Waals surface area contributed by atoms with E-state index < -0.39 is 12.1 Å². The van der Waals surface area contributed by atoms with Gasteiger partial charge in [-0.05, 0) is 82.4 Å². The first-order chi connectivity index (χ1) is 21.4. The number of aliphatic hydroxyl groups is 1. The van der Waals surface area contributed by atoms with Crippen molar-refractivity contribution in [2.24, 2.45) is 0 Å². The number of carbonyl (C=O) groups excluding carboxylic acids is 1. The van der Waals surface area contributed by atoms with Gasteiger partial charge in [-0.25, -0.2) is 4.79 Å². The minimum absolute atomic E-state index is 0.150. The van der Waals surface area contributed by atoms with Crippen LogP contribution < -0.4 is 10.6 Å². The minimum atomic E-state index is -1.19. The summed E-state index contributed by atoms with van der Waals surface area (Å²) < 4.78 is 1.48. The van der Waals surface area contributed by atoms with Crippen molar-refractivity contribution in [2.75, 3.05) is 11.9 Å². The van der Waals surface area contributed by atoms with E-state index in [1.54, 1.807) is 48.7 Å². The second-order valence-electron chi connectivity index (χ2n) is 9.69. The van der Waals surface area contributed by atoms with Gasteiger partial charge in [0, 0.05) is 34.5 Å². The van der Waals surface area contributed by atoms with Crippen LogP contribution in [-0.4, -0.2) is 59.2 Å². The molecular weight excluding hydrogens is 584 g/mol. The Morgan fingerprint density at radius 2 is 1.84 bits per heavy atom. The molecule has 0 saturated carbocycles. The Kier molecular flexibility index (Phi) is 9.64. The highest BCUT2D eigenvalue weighted by Crippen LogP contribution is 2.28. The number of nitrogens with one attached hydrogen (secondary N) is 2. The fraction of sp³-hybridized carbons (Fsp3) is 0.129. The predicted octanol–water partition coefficient (Wildman–Crippen LogP) is 4.51. The molecule has 1 atom stereocenters. The van der Waals surface area contributed by atoms with E-state index >= 15 is 0 Å². The monoisotopic (exact) mass is 610 g/mol. The van der Waals surface area contributed by atoms with Crippen LogP contribution in [0.4, 0.5) is 10.5 Å². The van der Waals surface area contributed by atoms with Crippen molar-refractivity contribution in [3.8, 4) is 16.8 Å². The molecular formula is C31H27ClN8O4. The number of tetrazole rings is 1. The average Bonchev–Trinajstić information content (AvgIpc) is 3.56. The topological polar surface area (TPSA) is 168 Å². The van der Waals surface area contributed by atoms with Gasteiger partial charge in [-0.3, -0.25) is 10.1 Å². The summed E-state index contributed by atoms with van der Waals surface area (Å²) in [5.41, 5.74) is 5.29. The summed E-state index contributed by atoms with van der Waals surface area (Å²) in [5.74, 6) is -0.366. The lowest BCUT2D eigenvalue weighted by atomic mass is 9.98. The van der Waals surface area contributed by atoms with Crippen molar-refractivity contribution in [1.29, 1.82) is 0 Å². The number of aromatic nitrogens is 6. The molecule has 0 fully saturated rings. The number of carboxylic acid groups (broad SMARTS) is 1. The first kappa shape index (κ1) is 30.0. The molecule has 4 N–H and O–H groups in total. The molecule has 5 aromatic rings. The van der Waals surface area contributed by atoms with Crippen LogP contribution >= 0.6 is 11.6 Å². The SMILES string of the molecule is O=C(O)Nc1ccc(-c2cnnc(C(Cc3ccccc3)NC(=O)C=Cc3cc(Cl)ccc3-n3cnnn3)c2)cc1CCO. The number of anilines is 1. The van der Waals surface area contributed by atoms with Crippen molar-refractivity contribution >= 4 is 35.4 Å². The first-order valence-electron chi connectivity index (χ1n) is 13.5. The molecule has 1 unspecified atom stereocenters. The highest BCUT2D eigenvalue weighted by Gasteiger charge is 2.18. The van der Waals surface area contributed by atoms with Crippen LogP contribution in [-0.2, 0) is 17.6 Å². The average molecular weight is 611 g/mol. The van der Waals surface area contributed by atoms with Gasteiger partial charge in [0.2, 0.25) is 5.91 Å². The maximum atomic E-state index is 13.3. The highest BCUT2D eigenvalue weighted by molar-refractivity contribution is 6.30. The standard InChI is InChI=1S/C31H27ClN8O4/c32-25-8-10-29(40-19-34-38-39-40)23(16-25)7-11-30(42)35-27(14-20-4-2-1-3-5-20)28-17-24(18-33-37-28)21-6-9-26(36-31(43)44)22(15-21)12-13-41/h1-11,15-19,27,36,41H,12-14H2,(H,35,42)(H,43,44). The van der Waals surface area contributed by atoms with Gasteiger partial charge in [-0.2, -0.15) is 14.9 Å². The zero-order valence-electron chi connectivity index (χ0n) is 23.2. The summed E-state index contributed by atoms with van der Waals surface area (Å²) in [5, 5.41) is 44.4. The molecule has 13 heteroatoms. The second-order valence-corrected chi connectivity index (χ2v) is 10.1. The molecule has 0 radical (unpaired) electrons. The van der Waals surface area contributed by atoms with Gasteiger partial charge in [0.25, 0.3) is 0 Å². The number of amides is 2. The Bertz CT molecular complexity index is 1780. The molecule has 0 aliphatic rings. The van der Waals surface area contributed by atoms with Gasteiger partial charge in [-0.1, -0.05) is 48.0 Å². The molecule has 0 saturated heterocycles. The van der Waals surface area contributed by atoms with Crippen molar-refractivity contribution in [3.05, 3.63) is 119 Å². The van der Waals surface area contributed by atoms with E-state index in [0.717, 1.165) is 11.1 Å². The van der Waals surface area contributed by atoms with Crippen LogP contribution in [0.2, 0.25) is 5.02 Å². The smallest absolute Gasteiger partial charge is 0.409 e. The number of halogens is 1. The molecule has 44 heavy (non-hydrogen) atoms. The Morgan fingerprint density at radius 3 is 2.59 bits per heavy atom. The number of aliphatic hydroxyl groups excluding tert-OH is 1. The Balaban J connectivity index is 1.43. The van der Waals surface area contributed by atoms with Crippen molar-refractivity contribution in [2.45, 2.75) is 18.9 Å². The van der Waals surface area contributed by atoms with E-state index in [1.165, 1.54) is 17.1 Å².